The molecule has 3 aliphatic rings. The molecule has 11 nitrogen and oxygen atoms in total. The van der Waals surface area contributed by atoms with Gasteiger partial charge in [-0.2, -0.15) is 0 Å². The maximum absolute atomic E-state index is 14.8. The number of methoxy groups -OCH3 is 1. The van der Waals surface area contributed by atoms with E-state index in [4.69, 9.17) is 32.7 Å². The van der Waals surface area contributed by atoms with Crippen LogP contribution in [0.15, 0.2) is 48.8 Å². The molecule has 1 aromatic heterocycles. The molecular formula is C34H31Cl2FN6O5. The van der Waals surface area contributed by atoms with Gasteiger partial charge in [0, 0.05) is 49.6 Å². The number of hydrogen-bond acceptors (Lipinski definition) is 9. The van der Waals surface area contributed by atoms with E-state index in [2.05, 4.69) is 25.5 Å². The van der Waals surface area contributed by atoms with Gasteiger partial charge in [-0.3, -0.25) is 24.6 Å². The van der Waals surface area contributed by atoms with Crippen molar-refractivity contribution in [1.29, 1.82) is 0 Å². The maximum atomic E-state index is 14.8. The maximum Gasteiger partial charge on any atom is 0.255 e. The lowest BCUT2D eigenvalue weighted by Gasteiger charge is -2.32. The van der Waals surface area contributed by atoms with Crippen LogP contribution in [0.3, 0.4) is 0 Å². The van der Waals surface area contributed by atoms with Crippen LogP contribution < -0.4 is 20.1 Å². The molecule has 2 saturated heterocycles. The molecular weight excluding hydrogens is 662 g/mol. The summed E-state index contributed by atoms with van der Waals surface area (Å²) in [5.74, 6) is -0.156. The SMILES string of the molecule is COc1cc2ncnc(Nc3ccc(Cl)c(Cl)c3F)c2cc1OC1CCN(Cc2ccc3c(c2)CN(C2CCC(=O)NC2=O)C3=O)CC1. The van der Waals surface area contributed by atoms with Gasteiger partial charge in [-0.25, -0.2) is 14.4 Å². The van der Waals surface area contributed by atoms with Gasteiger partial charge in [0.2, 0.25) is 11.8 Å². The second-order valence-electron chi connectivity index (χ2n) is 12.1. The van der Waals surface area contributed by atoms with Crippen molar-refractivity contribution >= 4 is 63.3 Å². The van der Waals surface area contributed by atoms with Crippen molar-refractivity contribution < 1.29 is 28.2 Å². The minimum absolute atomic E-state index is 0.0686. The molecule has 0 bridgehead atoms. The van der Waals surface area contributed by atoms with Crippen LogP contribution in [0.1, 0.15) is 47.2 Å². The summed E-state index contributed by atoms with van der Waals surface area (Å²) < 4.78 is 26.9. The third kappa shape index (κ3) is 6.23. The monoisotopic (exact) mass is 692 g/mol. The van der Waals surface area contributed by atoms with E-state index in [9.17, 15) is 18.8 Å². The first-order valence-electron chi connectivity index (χ1n) is 15.6. The van der Waals surface area contributed by atoms with Crippen molar-refractivity contribution in [1.82, 2.24) is 25.1 Å². The average molecular weight is 694 g/mol. The lowest BCUT2D eigenvalue weighted by Crippen LogP contribution is -2.52. The fourth-order valence-corrected chi connectivity index (χ4v) is 6.83. The molecule has 0 aliphatic carbocycles. The molecule has 3 amide bonds. The third-order valence-corrected chi connectivity index (χ3v) is 9.81. The summed E-state index contributed by atoms with van der Waals surface area (Å²) in [7, 11) is 1.57. The van der Waals surface area contributed by atoms with Crippen LogP contribution in [0.2, 0.25) is 10.0 Å². The van der Waals surface area contributed by atoms with Gasteiger partial charge >= 0.3 is 0 Å². The highest BCUT2D eigenvalue weighted by Gasteiger charge is 2.39. The Morgan fingerprint density at radius 1 is 1.02 bits per heavy atom. The Labute approximate surface area is 285 Å². The minimum atomic E-state index is -0.685. The van der Waals surface area contributed by atoms with Crippen molar-refractivity contribution in [3.05, 3.63) is 81.3 Å². The lowest BCUT2D eigenvalue weighted by molar-refractivity contribution is -0.136. The van der Waals surface area contributed by atoms with E-state index in [1.54, 1.807) is 24.1 Å². The third-order valence-electron chi connectivity index (χ3n) is 9.03. The molecule has 248 valence electrons. The number of hydrogen-bond donors (Lipinski definition) is 2. The van der Waals surface area contributed by atoms with Gasteiger partial charge in [0.25, 0.3) is 5.91 Å². The quantitative estimate of drug-likeness (QED) is 0.178. The van der Waals surface area contributed by atoms with Crippen LogP contribution in [0.5, 0.6) is 11.5 Å². The predicted octanol–water partition coefficient (Wildman–Crippen LogP) is 5.63. The number of piperidine rings is 2. The Hall–Kier alpha value is -4.52. The summed E-state index contributed by atoms with van der Waals surface area (Å²) in [6.07, 6.45) is 3.42. The number of ether oxygens (including phenoxy) is 2. The average Bonchev–Trinajstić information content (AvgIpc) is 3.40. The van der Waals surface area contributed by atoms with Crippen LogP contribution >= 0.6 is 23.2 Å². The second kappa shape index (κ2) is 13.2. The second-order valence-corrected chi connectivity index (χ2v) is 12.9. The van der Waals surface area contributed by atoms with Gasteiger partial charge in [-0.05, 0) is 54.7 Å². The van der Waals surface area contributed by atoms with E-state index in [1.807, 2.05) is 18.2 Å². The number of amides is 3. The van der Waals surface area contributed by atoms with Gasteiger partial charge < -0.3 is 19.7 Å². The zero-order valence-electron chi connectivity index (χ0n) is 25.9. The Morgan fingerprint density at radius 3 is 2.60 bits per heavy atom. The first-order valence-corrected chi connectivity index (χ1v) is 16.3. The van der Waals surface area contributed by atoms with Gasteiger partial charge in [-0.1, -0.05) is 35.3 Å². The van der Waals surface area contributed by atoms with E-state index >= 15 is 0 Å². The molecule has 3 aromatic carbocycles. The molecule has 0 saturated carbocycles. The number of aromatic nitrogens is 2. The standard InChI is InChI=1S/C34H31Cl2FN6O5/c1-47-27-14-25-22(32(39-17-38-25)40-24-5-4-23(35)30(36)31(24)37)13-28(27)48-20-8-10-42(11-9-20)15-18-2-3-21-19(12-18)16-43(34(21)46)26-6-7-29(44)41-33(26)45/h2-5,12-14,17,20,26H,6-11,15-16H2,1H3,(H,38,39,40)(H,41,44,45). The number of nitrogens with one attached hydrogen (secondary N) is 2. The molecule has 7 rings (SSSR count). The van der Waals surface area contributed by atoms with Gasteiger partial charge in [0.1, 0.15) is 24.3 Å². The van der Waals surface area contributed by atoms with E-state index in [0.717, 1.165) is 37.1 Å². The van der Waals surface area contributed by atoms with Crippen LogP contribution in [0.4, 0.5) is 15.9 Å². The fraction of sp³-hybridized carbons (Fsp3) is 0.324. The number of imide groups is 1. The van der Waals surface area contributed by atoms with Crippen LogP contribution in [0, 0.1) is 5.82 Å². The van der Waals surface area contributed by atoms with Crippen LogP contribution in [-0.4, -0.2) is 69.8 Å². The zero-order chi connectivity index (χ0) is 33.5. The van der Waals surface area contributed by atoms with E-state index in [-0.39, 0.29) is 40.1 Å². The smallest absolute Gasteiger partial charge is 0.255 e. The largest absolute Gasteiger partial charge is 0.493 e. The molecule has 1 atom stereocenters. The first-order chi connectivity index (χ1) is 23.2. The van der Waals surface area contributed by atoms with E-state index in [1.165, 1.54) is 18.5 Å². The summed E-state index contributed by atoms with van der Waals surface area (Å²) in [6, 6.07) is 11.8. The van der Waals surface area contributed by atoms with Crippen molar-refractivity contribution in [2.45, 2.75) is 50.9 Å². The number of nitrogens with zero attached hydrogens (tertiary/aromatic N) is 4. The van der Waals surface area contributed by atoms with E-state index in [0.29, 0.717) is 53.3 Å². The minimum Gasteiger partial charge on any atom is -0.493 e. The molecule has 3 aliphatic heterocycles. The lowest BCUT2D eigenvalue weighted by atomic mass is 10.0. The normalized spacial score (nSPS) is 18.6. The summed E-state index contributed by atoms with van der Waals surface area (Å²) in [6.45, 7) is 2.66. The van der Waals surface area contributed by atoms with Gasteiger partial charge in [0.05, 0.1) is 28.4 Å². The molecule has 4 heterocycles. The highest BCUT2D eigenvalue weighted by atomic mass is 35.5. The summed E-state index contributed by atoms with van der Waals surface area (Å²) in [5.41, 5.74) is 3.29. The summed E-state index contributed by atoms with van der Waals surface area (Å²) >= 11 is 12.0. The summed E-state index contributed by atoms with van der Waals surface area (Å²) in [5, 5.41) is 5.89. The predicted molar refractivity (Wildman–Crippen MR) is 177 cm³/mol. The molecule has 48 heavy (non-hydrogen) atoms. The Kier molecular flexibility index (Phi) is 8.80. The zero-order valence-corrected chi connectivity index (χ0v) is 27.4. The van der Waals surface area contributed by atoms with Gasteiger partial charge in [-0.15, -0.1) is 0 Å². The number of likely N-dealkylation sites (tertiary alicyclic amines) is 1. The van der Waals surface area contributed by atoms with Crippen LogP contribution in [-0.2, 0) is 22.7 Å². The number of benzene rings is 3. The number of fused-ring (bicyclic) bond motifs is 2. The van der Waals surface area contributed by atoms with Crippen molar-refractivity contribution in [2.24, 2.45) is 0 Å². The molecule has 0 spiro atoms. The first kappa shape index (κ1) is 32.0. The topological polar surface area (TPSA) is 126 Å². The van der Waals surface area contributed by atoms with Crippen molar-refractivity contribution in [3.8, 4) is 11.5 Å². The number of carbonyl (C=O) groups is 3. The number of halogens is 3. The molecule has 4 aromatic rings. The number of carbonyl (C=O) groups excluding carboxylic acids is 3. The number of anilines is 2. The van der Waals surface area contributed by atoms with Crippen molar-refractivity contribution in [2.75, 3.05) is 25.5 Å². The highest BCUT2D eigenvalue weighted by molar-refractivity contribution is 6.42. The van der Waals surface area contributed by atoms with E-state index < -0.39 is 17.8 Å². The Bertz CT molecular complexity index is 1950. The molecule has 2 N–H and O–H groups in total. The Balaban J connectivity index is 1.00. The highest BCUT2D eigenvalue weighted by Crippen LogP contribution is 2.38. The Morgan fingerprint density at radius 2 is 1.83 bits per heavy atom. The number of rotatable bonds is 8. The molecule has 2 fully saturated rings. The van der Waals surface area contributed by atoms with Crippen molar-refractivity contribution in [3.63, 3.8) is 0 Å². The van der Waals surface area contributed by atoms with Gasteiger partial charge in [0.15, 0.2) is 17.3 Å². The molecule has 0 radical (unpaired) electrons. The fourth-order valence-electron chi connectivity index (χ4n) is 6.51. The molecule has 14 heteroatoms. The molecule has 1 unspecified atom stereocenters. The summed E-state index contributed by atoms with van der Waals surface area (Å²) in [4.78, 5) is 49.6. The van der Waals surface area contributed by atoms with Crippen LogP contribution in [0.25, 0.3) is 10.9 Å².